The highest BCUT2D eigenvalue weighted by Gasteiger charge is 2.31. The van der Waals surface area contributed by atoms with Gasteiger partial charge in [0.25, 0.3) is 0 Å². The first-order chi connectivity index (χ1) is 25.8. The molecule has 20 nitrogen and oxygen atoms in total. The number of amides is 2. The third-order valence-corrected chi connectivity index (χ3v) is 9.02. The van der Waals surface area contributed by atoms with Crippen LogP contribution in [0.1, 0.15) is 90.7 Å². The van der Waals surface area contributed by atoms with Crippen molar-refractivity contribution in [3.8, 4) is 0 Å². The Hall–Kier alpha value is -5.08. The van der Waals surface area contributed by atoms with E-state index in [4.69, 9.17) is 9.84 Å². The van der Waals surface area contributed by atoms with Gasteiger partial charge in [-0.15, -0.1) is 0 Å². The van der Waals surface area contributed by atoms with Crippen molar-refractivity contribution in [1.29, 1.82) is 0 Å². The topological polar surface area (TPSA) is 288 Å². The van der Waals surface area contributed by atoms with Crippen molar-refractivity contribution in [1.82, 2.24) is 40.0 Å². The van der Waals surface area contributed by atoms with Gasteiger partial charge in [-0.2, -0.15) is 0 Å². The molecule has 0 radical (unpaired) electrons. The van der Waals surface area contributed by atoms with E-state index in [0.717, 1.165) is 12.8 Å². The Balaban J connectivity index is 1.81. The van der Waals surface area contributed by atoms with E-state index in [2.05, 4.69) is 30.8 Å². The van der Waals surface area contributed by atoms with Gasteiger partial charge in [0.2, 0.25) is 0 Å². The average molecular weight is 781 g/mol. The van der Waals surface area contributed by atoms with Crippen LogP contribution in [0.25, 0.3) is 0 Å². The smallest absolute Gasteiger partial charge is 0.326 e. The fraction of sp³-hybridized carbons (Fsp3) is 0.657. The van der Waals surface area contributed by atoms with Gasteiger partial charge in [0.05, 0.1) is 18.7 Å². The summed E-state index contributed by atoms with van der Waals surface area (Å²) in [7, 11) is 0. The molecule has 0 aromatic carbocycles. The molecule has 2 unspecified atom stereocenters. The van der Waals surface area contributed by atoms with Gasteiger partial charge in [-0.25, -0.2) is 24.4 Å². The number of unbranched alkanes of at least 4 members (excludes halogenated alkanes) is 1. The summed E-state index contributed by atoms with van der Waals surface area (Å²) >= 11 is 0. The van der Waals surface area contributed by atoms with Crippen molar-refractivity contribution in [3.05, 3.63) is 36.4 Å². The highest BCUT2D eigenvalue weighted by Crippen LogP contribution is 2.26. The largest absolute Gasteiger partial charge is 0.481 e. The van der Waals surface area contributed by atoms with Crippen molar-refractivity contribution in [2.45, 2.75) is 128 Å². The zero-order valence-electron chi connectivity index (χ0n) is 31.9. The lowest BCUT2D eigenvalue weighted by Crippen LogP contribution is -2.51. The van der Waals surface area contributed by atoms with Crippen molar-refractivity contribution >= 4 is 35.9 Å². The number of rotatable bonds is 29. The Morgan fingerprint density at radius 2 is 1.24 bits per heavy atom. The molecule has 8 N–H and O–H groups in total. The summed E-state index contributed by atoms with van der Waals surface area (Å²) in [5.74, 6) is -4.83. The first-order valence-corrected chi connectivity index (χ1v) is 18.1. The molecule has 0 spiro atoms. The molecule has 0 bridgehead atoms. The SMILES string of the molecule is CC(C)(CCCNCCCCC(NC(=O)NC(CCC(=O)O)C(=O)O)C(=O)O)OCCC(C)(C)N(Cc1nccn1CC(=O)O)Cc1nccn1CC(=O)O. The molecule has 20 heteroatoms. The van der Waals surface area contributed by atoms with Crippen LogP contribution in [-0.4, -0.2) is 128 Å². The Labute approximate surface area is 319 Å². The van der Waals surface area contributed by atoms with Gasteiger partial charge >= 0.3 is 35.9 Å². The molecule has 308 valence electrons. The minimum atomic E-state index is -1.47. The van der Waals surface area contributed by atoms with E-state index in [1.165, 1.54) is 0 Å². The zero-order chi connectivity index (χ0) is 41.2. The normalized spacial score (nSPS) is 13.0. The van der Waals surface area contributed by atoms with Crippen LogP contribution in [-0.2, 0) is 54.9 Å². The number of carbonyl (C=O) groups is 6. The Kier molecular flexibility index (Phi) is 18.7. The second-order valence-corrected chi connectivity index (χ2v) is 14.4. The van der Waals surface area contributed by atoms with Gasteiger partial charge in [-0.05, 0) is 85.7 Å². The van der Waals surface area contributed by atoms with Crippen LogP contribution in [0.3, 0.4) is 0 Å². The zero-order valence-corrected chi connectivity index (χ0v) is 31.9. The van der Waals surface area contributed by atoms with Gasteiger partial charge in [0.15, 0.2) is 0 Å². The Morgan fingerprint density at radius 1 is 0.727 bits per heavy atom. The molecule has 2 atom stereocenters. The van der Waals surface area contributed by atoms with Crippen molar-refractivity contribution < 1.29 is 59.0 Å². The number of aliphatic carboxylic acids is 5. The molecule has 0 aliphatic rings. The molecule has 0 saturated carbocycles. The molecule has 0 fully saturated rings. The minimum absolute atomic E-state index is 0.114. The Morgan fingerprint density at radius 3 is 1.73 bits per heavy atom. The second-order valence-electron chi connectivity index (χ2n) is 14.4. The number of nitrogens with zero attached hydrogens (tertiary/aromatic N) is 5. The number of carboxylic acid groups (broad SMARTS) is 5. The summed E-state index contributed by atoms with van der Waals surface area (Å²) in [4.78, 5) is 79.6. The first-order valence-electron chi connectivity index (χ1n) is 18.1. The summed E-state index contributed by atoms with van der Waals surface area (Å²) in [6.07, 6.45) is 8.82. The van der Waals surface area contributed by atoms with Gasteiger partial charge in [-0.3, -0.25) is 19.3 Å². The van der Waals surface area contributed by atoms with E-state index in [0.29, 0.717) is 50.6 Å². The van der Waals surface area contributed by atoms with E-state index in [9.17, 15) is 49.2 Å². The van der Waals surface area contributed by atoms with Gasteiger partial charge in [0, 0.05) is 43.4 Å². The molecule has 2 aromatic heterocycles. The van der Waals surface area contributed by atoms with Crippen molar-refractivity contribution in [2.75, 3.05) is 19.7 Å². The predicted octanol–water partition coefficient (Wildman–Crippen LogP) is 1.83. The summed E-state index contributed by atoms with van der Waals surface area (Å²) in [5, 5.41) is 53.8. The number of ether oxygens (including phenoxy) is 1. The van der Waals surface area contributed by atoms with E-state index < -0.39 is 65.5 Å². The predicted molar refractivity (Wildman–Crippen MR) is 195 cm³/mol. The van der Waals surface area contributed by atoms with Gasteiger partial charge in [0.1, 0.15) is 36.8 Å². The quantitative estimate of drug-likeness (QED) is 0.0547. The number of imidazole rings is 2. The molecule has 2 amide bonds. The third kappa shape index (κ3) is 17.7. The minimum Gasteiger partial charge on any atom is -0.481 e. The first kappa shape index (κ1) is 46.1. The fourth-order valence-electron chi connectivity index (χ4n) is 5.70. The maximum atomic E-state index is 12.2. The molecule has 0 aliphatic heterocycles. The molecular formula is C35H56N8O12. The molecule has 0 aliphatic carbocycles. The molecule has 2 heterocycles. The highest BCUT2D eigenvalue weighted by atomic mass is 16.5. The Bertz CT molecular complexity index is 1520. The van der Waals surface area contributed by atoms with Gasteiger partial charge < -0.3 is 55.4 Å². The molecule has 2 aromatic rings. The maximum absolute atomic E-state index is 12.2. The van der Waals surface area contributed by atoms with E-state index in [1.54, 1.807) is 33.9 Å². The number of carbonyl (C=O) groups excluding carboxylic acids is 1. The van der Waals surface area contributed by atoms with Gasteiger partial charge in [-0.1, -0.05) is 0 Å². The van der Waals surface area contributed by atoms with Crippen LogP contribution in [0.2, 0.25) is 0 Å². The number of hydrogen-bond acceptors (Lipinski definition) is 11. The van der Waals surface area contributed by atoms with Crippen molar-refractivity contribution in [2.24, 2.45) is 0 Å². The summed E-state index contributed by atoms with van der Waals surface area (Å²) < 4.78 is 9.44. The number of nitrogens with one attached hydrogen (secondary N) is 3. The van der Waals surface area contributed by atoms with Crippen molar-refractivity contribution in [3.63, 3.8) is 0 Å². The number of hydrogen-bond donors (Lipinski definition) is 8. The summed E-state index contributed by atoms with van der Waals surface area (Å²) in [6, 6.07) is -3.72. The van der Waals surface area contributed by atoms with E-state index in [1.807, 2.05) is 27.7 Å². The van der Waals surface area contributed by atoms with Crippen LogP contribution in [0.5, 0.6) is 0 Å². The number of carboxylic acids is 5. The monoisotopic (exact) mass is 780 g/mol. The second kappa shape index (κ2) is 22.3. The van der Waals surface area contributed by atoms with Crippen LogP contribution < -0.4 is 16.0 Å². The molecule has 55 heavy (non-hydrogen) atoms. The number of aromatic nitrogens is 4. The third-order valence-electron chi connectivity index (χ3n) is 9.02. The molecule has 2 rings (SSSR count). The van der Waals surface area contributed by atoms with Crippen LogP contribution in [0.15, 0.2) is 24.8 Å². The fourth-order valence-corrected chi connectivity index (χ4v) is 5.70. The molecule has 0 saturated heterocycles. The van der Waals surface area contributed by atoms with E-state index in [-0.39, 0.29) is 39.0 Å². The van der Waals surface area contributed by atoms with Crippen LogP contribution in [0, 0.1) is 0 Å². The highest BCUT2D eigenvalue weighted by molar-refractivity contribution is 5.86. The lowest BCUT2D eigenvalue weighted by atomic mass is 9.97. The lowest BCUT2D eigenvalue weighted by Gasteiger charge is -2.39. The summed E-state index contributed by atoms with van der Waals surface area (Å²) in [6.45, 7) is 9.86. The van der Waals surface area contributed by atoms with Crippen LogP contribution >= 0.6 is 0 Å². The standard InChI is InChI=1S/C35H56N8O12/c1-34(2,43(20-26-37-15-17-41(26)22-29(46)47)21-27-38-16-18-42(27)23-30(48)49)12-19-55-35(3,4)11-7-14-36-13-6-5-8-24(31(50)51)39-33(54)40-25(32(52)53)9-10-28(44)45/h15-18,24-25,36H,5-14,19-23H2,1-4H3,(H,44,45)(H,46,47)(H,48,49)(H,50,51)(H,52,53)(H2,39,40,54). The van der Waals surface area contributed by atoms with Crippen LogP contribution in [0.4, 0.5) is 4.79 Å². The molecular weight excluding hydrogens is 724 g/mol. The lowest BCUT2D eigenvalue weighted by molar-refractivity contribution is -0.141. The van der Waals surface area contributed by atoms with E-state index >= 15 is 0 Å². The number of urea groups is 1. The average Bonchev–Trinajstić information content (AvgIpc) is 3.70. The maximum Gasteiger partial charge on any atom is 0.326 e. The summed E-state index contributed by atoms with van der Waals surface area (Å²) in [5.41, 5.74) is -0.953.